The van der Waals surface area contributed by atoms with Crippen molar-refractivity contribution >= 4 is 39.0 Å². The van der Waals surface area contributed by atoms with Gasteiger partial charge in [-0.15, -0.1) is 11.3 Å². The van der Waals surface area contributed by atoms with Gasteiger partial charge in [0.15, 0.2) is 9.84 Å². The Morgan fingerprint density at radius 2 is 1.59 bits per heavy atom. The van der Waals surface area contributed by atoms with E-state index in [9.17, 15) is 18.0 Å². The van der Waals surface area contributed by atoms with E-state index in [2.05, 4.69) is 15.6 Å². The Hall–Kier alpha value is -2.66. The highest BCUT2D eigenvalue weighted by Crippen LogP contribution is 2.40. The van der Waals surface area contributed by atoms with Gasteiger partial charge in [-0.2, -0.15) is 0 Å². The van der Waals surface area contributed by atoms with Crippen molar-refractivity contribution in [2.24, 2.45) is 0 Å². The van der Waals surface area contributed by atoms with Gasteiger partial charge in [-0.3, -0.25) is 5.32 Å². The molecular weight excluding hydrogens is 514 g/mol. The van der Waals surface area contributed by atoms with Crippen molar-refractivity contribution in [3.05, 3.63) is 29.4 Å². The summed E-state index contributed by atoms with van der Waals surface area (Å²) >= 11 is 1.49. The summed E-state index contributed by atoms with van der Waals surface area (Å²) in [5, 5.41) is 5.86. The van der Waals surface area contributed by atoms with E-state index in [0.717, 1.165) is 35.6 Å². The molecule has 3 rings (SSSR count). The Balaban J connectivity index is 1.79. The molecule has 1 saturated carbocycles. The molecule has 2 aromatic rings. The van der Waals surface area contributed by atoms with Crippen LogP contribution in [0.2, 0.25) is 0 Å². The first-order chi connectivity index (χ1) is 17.4. The van der Waals surface area contributed by atoms with E-state index in [1.807, 2.05) is 13.8 Å². The fourth-order valence-electron chi connectivity index (χ4n) is 4.15. The minimum absolute atomic E-state index is 0.0761. The second-order valence-electron chi connectivity index (χ2n) is 10.1. The van der Waals surface area contributed by atoms with Gasteiger partial charge in [-0.25, -0.2) is 23.0 Å². The molecule has 1 heterocycles. The largest absolute Gasteiger partial charge is 0.447 e. The molecule has 37 heavy (non-hydrogen) atoms. The second-order valence-corrected chi connectivity index (χ2v) is 13.6. The molecule has 0 saturated heterocycles. The number of nitrogens with zero attached hydrogens (tertiary/aromatic N) is 1. The van der Waals surface area contributed by atoms with Crippen LogP contribution in [0.15, 0.2) is 29.3 Å². The fraction of sp³-hybridized carbons (Fsp3) is 0.577. The highest BCUT2D eigenvalue weighted by atomic mass is 32.2. The summed E-state index contributed by atoms with van der Waals surface area (Å²) < 4.78 is 36.8. The third-order valence-corrected chi connectivity index (χ3v) is 9.41. The number of benzene rings is 1. The zero-order valence-electron chi connectivity index (χ0n) is 22.2. The van der Waals surface area contributed by atoms with Crippen LogP contribution in [0.25, 0.3) is 10.4 Å². The number of anilines is 1. The van der Waals surface area contributed by atoms with Crippen LogP contribution in [-0.2, 0) is 19.3 Å². The van der Waals surface area contributed by atoms with E-state index in [1.165, 1.54) is 17.4 Å². The Morgan fingerprint density at radius 1 is 0.973 bits per heavy atom. The molecule has 1 aromatic heterocycles. The first-order valence-corrected chi connectivity index (χ1v) is 15.0. The van der Waals surface area contributed by atoms with Crippen molar-refractivity contribution in [2.75, 3.05) is 5.32 Å². The molecule has 1 aliphatic carbocycles. The summed E-state index contributed by atoms with van der Waals surface area (Å²) in [6.07, 6.45) is 3.64. The molecule has 0 spiro atoms. The Bertz CT molecular complexity index is 1200. The summed E-state index contributed by atoms with van der Waals surface area (Å²) in [4.78, 5) is 29.5. The molecule has 0 radical (unpaired) electrons. The van der Waals surface area contributed by atoms with Gasteiger partial charge < -0.3 is 14.8 Å². The van der Waals surface area contributed by atoms with Crippen LogP contribution in [0.1, 0.15) is 78.2 Å². The monoisotopic (exact) mass is 551 g/mol. The Labute approximate surface area is 223 Å². The summed E-state index contributed by atoms with van der Waals surface area (Å²) in [7, 11) is -3.65. The van der Waals surface area contributed by atoms with Gasteiger partial charge in [0.1, 0.15) is 0 Å². The average molecular weight is 552 g/mol. The molecule has 1 aromatic carbocycles. The van der Waals surface area contributed by atoms with Crippen molar-refractivity contribution in [1.82, 2.24) is 10.3 Å². The van der Waals surface area contributed by atoms with Gasteiger partial charge in [-0.1, -0.05) is 6.07 Å². The van der Waals surface area contributed by atoms with Crippen LogP contribution in [0.4, 0.5) is 15.3 Å². The standard InChI is InChI=1S/C26H37N3O6S2/c1-15(2)34-25(30)28-19-9-7-18(8-10-19)24-27-14-22(36-24)21-12-11-20(29-26(31)35-16(3)4)13-23(21)37(32,33)17(5)6/h11-19H,7-10H2,1-6H3,(H,28,30)(H,29,31)/t18-,19-. The maximum absolute atomic E-state index is 13.2. The lowest BCUT2D eigenvalue weighted by Gasteiger charge is -2.28. The molecule has 2 N–H and O–H groups in total. The van der Waals surface area contributed by atoms with E-state index >= 15 is 0 Å². The van der Waals surface area contributed by atoms with Gasteiger partial charge in [0.05, 0.1) is 32.2 Å². The van der Waals surface area contributed by atoms with Crippen LogP contribution >= 0.6 is 11.3 Å². The Morgan fingerprint density at radius 3 is 2.19 bits per heavy atom. The molecule has 2 amide bonds. The highest BCUT2D eigenvalue weighted by Gasteiger charge is 2.28. The van der Waals surface area contributed by atoms with Gasteiger partial charge in [0, 0.05) is 29.4 Å². The van der Waals surface area contributed by atoms with Crippen molar-refractivity contribution in [1.29, 1.82) is 0 Å². The van der Waals surface area contributed by atoms with E-state index in [0.29, 0.717) is 11.3 Å². The minimum atomic E-state index is -3.65. The topological polar surface area (TPSA) is 124 Å². The fourth-order valence-corrected chi connectivity index (χ4v) is 6.63. The Kier molecular flexibility index (Phi) is 9.57. The average Bonchev–Trinajstić information content (AvgIpc) is 3.28. The lowest BCUT2D eigenvalue weighted by atomic mass is 9.86. The molecule has 0 atom stereocenters. The molecule has 0 unspecified atom stereocenters. The molecular formula is C26H37N3O6S2. The number of thiazole rings is 1. The smallest absolute Gasteiger partial charge is 0.411 e. The van der Waals surface area contributed by atoms with Gasteiger partial charge in [0.25, 0.3) is 0 Å². The van der Waals surface area contributed by atoms with Crippen LogP contribution in [0, 0.1) is 0 Å². The number of aromatic nitrogens is 1. The van der Waals surface area contributed by atoms with Crippen LogP contribution < -0.4 is 10.6 Å². The number of carbonyl (C=O) groups is 2. The number of ether oxygens (including phenoxy) is 2. The molecule has 204 valence electrons. The van der Waals surface area contributed by atoms with Gasteiger partial charge in [-0.05, 0) is 79.4 Å². The minimum Gasteiger partial charge on any atom is -0.447 e. The zero-order chi connectivity index (χ0) is 27.3. The maximum atomic E-state index is 13.2. The first kappa shape index (κ1) is 28.9. The van der Waals surface area contributed by atoms with Crippen molar-refractivity contribution in [3.8, 4) is 10.4 Å². The lowest BCUT2D eigenvalue weighted by molar-refractivity contribution is 0.109. The predicted octanol–water partition coefficient (Wildman–Crippen LogP) is 6.11. The first-order valence-electron chi connectivity index (χ1n) is 12.7. The van der Waals surface area contributed by atoms with Crippen LogP contribution in [-0.4, -0.2) is 49.1 Å². The number of sulfone groups is 1. The number of carbonyl (C=O) groups excluding carboxylic acids is 2. The number of amides is 2. The van der Waals surface area contributed by atoms with Crippen molar-refractivity contribution < 1.29 is 27.5 Å². The van der Waals surface area contributed by atoms with E-state index in [1.54, 1.807) is 46.0 Å². The summed E-state index contributed by atoms with van der Waals surface area (Å²) in [6, 6.07) is 4.94. The van der Waals surface area contributed by atoms with E-state index in [-0.39, 0.29) is 35.2 Å². The van der Waals surface area contributed by atoms with Crippen LogP contribution in [0.5, 0.6) is 0 Å². The zero-order valence-corrected chi connectivity index (χ0v) is 23.9. The quantitative estimate of drug-likeness (QED) is 0.406. The number of hydrogen-bond acceptors (Lipinski definition) is 8. The molecule has 1 aliphatic rings. The summed E-state index contributed by atoms with van der Waals surface area (Å²) in [5.74, 6) is 0.245. The number of alkyl carbamates (subject to hydrolysis) is 1. The van der Waals surface area contributed by atoms with Crippen molar-refractivity contribution in [2.45, 2.75) is 102 Å². The lowest BCUT2D eigenvalue weighted by Crippen LogP contribution is -2.38. The number of rotatable bonds is 8. The third-order valence-electron chi connectivity index (χ3n) is 6.03. The molecule has 1 fully saturated rings. The van der Waals surface area contributed by atoms with Crippen molar-refractivity contribution in [3.63, 3.8) is 0 Å². The molecule has 0 bridgehead atoms. The maximum Gasteiger partial charge on any atom is 0.411 e. The predicted molar refractivity (Wildman–Crippen MR) is 145 cm³/mol. The summed E-state index contributed by atoms with van der Waals surface area (Å²) in [6.45, 7) is 10.4. The SMILES string of the molecule is CC(C)OC(=O)Nc1ccc(-c2cnc([C@H]3CC[C@H](NC(=O)OC(C)C)CC3)s2)c(S(=O)(=O)C(C)C)c1. The van der Waals surface area contributed by atoms with E-state index in [4.69, 9.17) is 9.47 Å². The molecule has 0 aliphatic heterocycles. The highest BCUT2D eigenvalue weighted by molar-refractivity contribution is 7.92. The number of hydrogen-bond donors (Lipinski definition) is 2. The van der Waals surface area contributed by atoms with Gasteiger partial charge >= 0.3 is 12.2 Å². The summed E-state index contributed by atoms with van der Waals surface area (Å²) in [5.41, 5.74) is 0.909. The van der Waals surface area contributed by atoms with E-state index < -0.39 is 21.2 Å². The number of nitrogens with one attached hydrogen (secondary N) is 2. The van der Waals surface area contributed by atoms with Gasteiger partial charge in [0.2, 0.25) is 0 Å². The van der Waals surface area contributed by atoms with Crippen LogP contribution in [0.3, 0.4) is 0 Å². The molecule has 9 nitrogen and oxygen atoms in total. The second kappa shape index (κ2) is 12.3. The normalized spacial score (nSPS) is 18.2. The molecule has 11 heteroatoms. The third kappa shape index (κ3) is 7.67.